The molecule has 7 rings (SSSR count). The maximum Gasteiger partial charge on any atom is 0.344 e. The molecular formula is C47H55N3O4. The number of rotatable bonds is 9. The van der Waals surface area contributed by atoms with Crippen LogP contribution < -0.4 is 10.1 Å². The first-order valence-corrected chi connectivity index (χ1v) is 19.6. The third-order valence-electron chi connectivity index (χ3n) is 11.9. The van der Waals surface area contributed by atoms with E-state index in [9.17, 15) is 9.59 Å². The minimum Gasteiger partial charge on any atom is -0.482 e. The van der Waals surface area contributed by atoms with Crippen LogP contribution in [-0.2, 0) is 32.7 Å². The molecule has 0 aliphatic heterocycles. The molecule has 1 fully saturated rings. The number of esters is 1. The highest BCUT2D eigenvalue weighted by Gasteiger charge is 2.52. The highest BCUT2D eigenvalue weighted by atomic mass is 16.6. The fraction of sp³-hybridized carbons (Fsp3) is 0.426. The van der Waals surface area contributed by atoms with E-state index in [0.29, 0.717) is 23.3 Å². The monoisotopic (exact) mass is 725 g/mol. The fourth-order valence-corrected chi connectivity index (χ4v) is 9.47. The predicted molar refractivity (Wildman–Crippen MR) is 218 cm³/mol. The molecule has 1 saturated carbocycles. The van der Waals surface area contributed by atoms with E-state index < -0.39 is 11.6 Å². The van der Waals surface area contributed by atoms with Crippen molar-refractivity contribution in [3.05, 3.63) is 102 Å². The van der Waals surface area contributed by atoms with Crippen LogP contribution in [0.1, 0.15) is 104 Å². The number of nitrogens with one attached hydrogen (secondary N) is 1. The van der Waals surface area contributed by atoms with Gasteiger partial charge in [-0.25, -0.2) is 9.78 Å². The van der Waals surface area contributed by atoms with Crippen LogP contribution in [0.5, 0.6) is 5.75 Å². The first-order valence-electron chi connectivity index (χ1n) is 19.6. The second kappa shape index (κ2) is 14.4. The lowest BCUT2D eigenvalue weighted by Gasteiger charge is -2.56. The summed E-state index contributed by atoms with van der Waals surface area (Å²) in [7, 11) is 0. The summed E-state index contributed by atoms with van der Waals surface area (Å²) in [5.41, 5.74) is 9.43. The van der Waals surface area contributed by atoms with E-state index in [1.165, 1.54) is 30.0 Å². The molecular weight excluding hydrogens is 671 g/mol. The largest absolute Gasteiger partial charge is 0.482 e. The molecule has 0 radical (unpaired) electrons. The van der Waals surface area contributed by atoms with E-state index >= 15 is 0 Å². The molecule has 0 saturated heterocycles. The van der Waals surface area contributed by atoms with Gasteiger partial charge in [0.1, 0.15) is 17.2 Å². The van der Waals surface area contributed by atoms with E-state index in [2.05, 4.69) is 98.2 Å². The van der Waals surface area contributed by atoms with Gasteiger partial charge in [0.15, 0.2) is 6.61 Å². The molecule has 2 aliphatic carbocycles. The normalized spacial score (nSPS) is 21.0. The number of nitrogens with zero attached hydrogens (tertiary/aromatic N) is 2. The molecule has 7 heteroatoms. The summed E-state index contributed by atoms with van der Waals surface area (Å²) in [6.07, 6.45) is 5.69. The van der Waals surface area contributed by atoms with Crippen LogP contribution in [-0.4, -0.2) is 33.6 Å². The Labute approximate surface area is 320 Å². The van der Waals surface area contributed by atoms with Gasteiger partial charge in [-0.05, 0) is 127 Å². The number of imidazole rings is 1. The van der Waals surface area contributed by atoms with Gasteiger partial charge in [-0.15, -0.1) is 0 Å². The number of ether oxygens (including phenoxy) is 2. The van der Waals surface area contributed by atoms with Gasteiger partial charge in [0.2, 0.25) is 5.91 Å². The van der Waals surface area contributed by atoms with Crippen molar-refractivity contribution in [1.82, 2.24) is 9.55 Å². The molecule has 5 aromatic rings. The maximum absolute atomic E-state index is 12.6. The van der Waals surface area contributed by atoms with Crippen LogP contribution in [0.15, 0.2) is 84.9 Å². The smallest absolute Gasteiger partial charge is 0.344 e. The Hall–Kier alpha value is -4.91. The number of aryl methyl sites for hydroxylation is 1. The first-order chi connectivity index (χ1) is 25.6. The molecule has 1 amide bonds. The lowest BCUT2D eigenvalue weighted by atomic mass is 9.49. The second-order valence-electron chi connectivity index (χ2n) is 17.4. The number of fused-ring (bicyclic) bond motifs is 4. The van der Waals surface area contributed by atoms with Crippen LogP contribution in [0, 0.1) is 11.3 Å². The Kier molecular flexibility index (Phi) is 9.97. The van der Waals surface area contributed by atoms with Crippen LogP contribution in [0.2, 0.25) is 0 Å². The van der Waals surface area contributed by atoms with Crippen molar-refractivity contribution in [2.24, 2.45) is 11.3 Å². The molecule has 0 bridgehead atoms. The minimum absolute atomic E-state index is 0.0269. The summed E-state index contributed by atoms with van der Waals surface area (Å²) in [5, 5.41) is 3.05. The van der Waals surface area contributed by atoms with Gasteiger partial charge in [0.25, 0.3) is 0 Å². The minimum atomic E-state index is -0.618. The maximum atomic E-state index is 12.6. The zero-order chi connectivity index (χ0) is 38.4. The van der Waals surface area contributed by atoms with Gasteiger partial charge in [-0.3, -0.25) is 4.79 Å². The van der Waals surface area contributed by atoms with E-state index in [-0.39, 0.29) is 23.3 Å². The number of carbonyl (C=O) groups is 2. The van der Waals surface area contributed by atoms with Crippen LogP contribution in [0.3, 0.4) is 0 Å². The highest BCUT2D eigenvalue weighted by Crippen LogP contribution is 2.58. The van der Waals surface area contributed by atoms with E-state index in [1.54, 1.807) is 6.07 Å². The van der Waals surface area contributed by atoms with Gasteiger partial charge >= 0.3 is 5.97 Å². The lowest BCUT2D eigenvalue weighted by Crippen LogP contribution is -2.50. The van der Waals surface area contributed by atoms with Gasteiger partial charge in [0, 0.05) is 19.0 Å². The topological polar surface area (TPSA) is 82.4 Å². The zero-order valence-electron chi connectivity index (χ0n) is 33.2. The van der Waals surface area contributed by atoms with Crippen LogP contribution >= 0.6 is 0 Å². The Bertz CT molecular complexity index is 2200. The van der Waals surface area contributed by atoms with Crippen molar-refractivity contribution in [3.63, 3.8) is 0 Å². The summed E-state index contributed by atoms with van der Waals surface area (Å²) >= 11 is 0. The molecule has 282 valence electrons. The number of carbonyl (C=O) groups excluding carboxylic acids is 2. The molecule has 2 aliphatic rings. The zero-order valence-corrected chi connectivity index (χ0v) is 33.2. The second-order valence-corrected chi connectivity index (χ2v) is 17.4. The molecule has 3 atom stereocenters. The van der Waals surface area contributed by atoms with Crippen molar-refractivity contribution in [2.45, 2.75) is 111 Å². The standard InChI is InChI=1S/C47H55N3O4/c1-30(2)33-15-19-38-35(25-33)17-22-42-46(7,23-12-24-47(38,42)8)29-50-41-21-16-34(32-13-10-9-11-14-32)26-40(41)49-44(50)37-27-36(18-20-39(37)48-31(3)51)53-28-43(52)54-45(4,5)6/h9-11,13-16,18-21,25-27,30,42H,12,17,22-24,28-29H2,1-8H3,(H,48,51)/t42-,46+,47+/m0/s1. The first kappa shape index (κ1) is 37.4. The van der Waals surface area contributed by atoms with E-state index in [4.69, 9.17) is 14.5 Å². The number of benzene rings is 4. The SMILES string of the molecule is CC(=O)Nc1ccc(OCC(=O)OC(C)(C)C)cc1-c1nc2cc(-c3ccccc3)ccc2n1C[C@@]1(C)CCC[C@]2(C)c3ccc(C(C)C)cc3CC[C@@H]12. The Balaban J connectivity index is 1.34. The van der Waals surface area contributed by atoms with Crippen molar-refractivity contribution >= 4 is 28.6 Å². The molecule has 0 unspecified atom stereocenters. The van der Waals surface area contributed by atoms with Crippen molar-refractivity contribution < 1.29 is 19.1 Å². The molecule has 1 aromatic heterocycles. The summed E-state index contributed by atoms with van der Waals surface area (Å²) in [5.74, 6) is 1.62. The average Bonchev–Trinajstić information content (AvgIpc) is 3.46. The van der Waals surface area contributed by atoms with Crippen LogP contribution in [0.25, 0.3) is 33.5 Å². The van der Waals surface area contributed by atoms with Crippen molar-refractivity contribution in [2.75, 3.05) is 11.9 Å². The van der Waals surface area contributed by atoms with E-state index in [0.717, 1.165) is 65.8 Å². The molecule has 54 heavy (non-hydrogen) atoms. The van der Waals surface area contributed by atoms with Gasteiger partial charge in [-0.2, -0.15) is 0 Å². The Morgan fingerprint density at radius 2 is 1.72 bits per heavy atom. The number of anilines is 1. The number of amides is 1. The molecule has 0 spiro atoms. The third-order valence-corrected chi connectivity index (χ3v) is 11.9. The summed E-state index contributed by atoms with van der Waals surface area (Å²) in [6.45, 7) is 17.1. The Morgan fingerprint density at radius 3 is 2.44 bits per heavy atom. The van der Waals surface area contributed by atoms with Gasteiger partial charge < -0.3 is 19.4 Å². The predicted octanol–water partition coefficient (Wildman–Crippen LogP) is 10.9. The van der Waals surface area contributed by atoms with Crippen molar-refractivity contribution in [3.8, 4) is 28.3 Å². The van der Waals surface area contributed by atoms with Crippen LogP contribution in [0.4, 0.5) is 5.69 Å². The van der Waals surface area contributed by atoms with Gasteiger partial charge in [-0.1, -0.05) is 88.7 Å². The van der Waals surface area contributed by atoms with Crippen molar-refractivity contribution in [1.29, 1.82) is 0 Å². The fourth-order valence-electron chi connectivity index (χ4n) is 9.47. The molecule has 1 N–H and O–H groups in total. The van der Waals surface area contributed by atoms with Gasteiger partial charge in [0.05, 0.1) is 16.7 Å². The third kappa shape index (κ3) is 7.42. The molecule has 4 aromatic carbocycles. The summed E-state index contributed by atoms with van der Waals surface area (Å²) in [4.78, 5) is 30.6. The lowest BCUT2D eigenvalue weighted by molar-refractivity contribution is -0.157. The highest BCUT2D eigenvalue weighted by molar-refractivity contribution is 5.95. The molecule has 7 nitrogen and oxygen atoms in total. The number of hydrogen-bond acceptors (Lipinski definition) is 5. The number of aromatic nitrogens is 2. The van der Waals surface area contributed by atoms with E-state index in [1.807, 2.05) is 39.0 Å². The summed E-state index contributed by atoms with van der Waals surface area (Å²) in [6, 6.07) is 29.7. The summed E-state index contributed by atoms with van der Waals surface area (Å²) < 4.78 is 13.9. The number of hydrogen-bond donors (Lipinski definition) is 1. The quantitative estimate of drug-likeness (QED) is 0.153. The average molecular weight is 726 g/mol. The molecule has 1 heterocycles. The Morgan fingerprint density at radius 1 is 0.944 bits per heavy atom.